The normalized spacial score (nSPS) is 18.2. The van der Waals surface area contributed by atoms with Gasteiger partial charge < -0.3 is 24.1 Å². The summed E-state index contributed by atoms with van der Waals surface area (Å²) in [5, 5.41) is 6.41. The fourth-order valence-corrected chi connectivity index (χ4v) is 4.14. The molecule has 9 nitrogen and oxygen atoms in total. The Kier molecular flexibility index (Phi) is 5.12. The fraction of sp³-hybridized carbons (Fsp3) is 0.500. The number of piperidine rings is 1. The quantitative estimate of drug-likeness (QED) is 0.832. The van der Waals surface area contributed by atoms with Crippen molar-refractivity contribution in [2.24, 2.45) is 5.41 Å². The van der Waals surface area contributed by atoms with E-state index in [0.717, 1.165) is 19.3 Å². The highest BCUT2D eigenvalue weighted by Gasteiger charge is 2.43. The predicted octanol–water partition coefficient (Wildman–Crippen LogP) is 1.46. The zero-order chi connectivity index (χ0) is 20.4. The van der Waals surface area contributed by atoms with Crippen LogP contribution >= 0.6 is 0 Å². The van der Waals surface area contributed by atoms with Gasteiger partial charge in [-0.3, -0.25) is 14.4 Å². The zero-order valence-electron chi connectivity index (χ0n) is 16.3. The highest BCUT2D eigenvalue weighted by molar-refractivity contribution is 5.94. The van der Waals surface area contributed by atoms with E-state index < -0.39 is 5.91 Å². The van der Waals surface area contributed by atoms with Crippen molar-refractivity contribution in [1.29, 1.82) is 0 Å². The smallest absolute Gasteiger partial charge is 0.287 e. The minimum absolute atomic E-state index is 0.0443. The first kappa shape index (κ1) is 19.2. The number of nitrogens with zero attached hydrogens (tertiary/aromatic N) is 3. The Morgan fingerprint density at radius 1 is 1.17 bits per heavy atom. The lowest BCUT2D eigenvalue weighted by Gasteiger charge is -2.39. The SMILES string of the molecule is Cc1cc(C(=O)N2CCC3(CCN(C(=O)CNC(=O)c4ccco4)CC3)C2)no1. The first-order valence-electron chi connectivity index (χ1n) is 9.78. The number of carbonyl (C=O) groups is 3. The monoisotopic (exact) mass is 400 g/mol. The molecule has 4 rings (SSSR count). The number of hydrogen-bond donors (Lipinski definition) is 1. The zero-order valence-corrected chi connectivity index (χ0v) is 16.3. The molecule has 2 aromatic rings. The van der Waals surface area contributed by atoms with Gasteiger partial charge in [0.1, 0.15) is 5.76 Å². The van der Waals surface area contributed by atoms with Gasteiger partial charge in [-0.15, -0.1) is 0 Å². The Labute approximate surface area is 168 Å². The second-order valence-electron chi connectivity index (χ2n) is 7.84. The summed E-state index contributed by atoms with van der Waals surface area (Å²) < 4.78 is 10.0. The molecule has 1 N–H and O–H groups in total. The van der Waals surface area contributed by atoms with Crippen LogP contribution in [-0.2, 0) is 4.79 Å². The van der Waals surface area contributed by atoms with Crippen molar-refractivity contribution >= 4 is 17.7 Å². The number of furan rings is 1. The maximum absolute atomic E-state index is 12.6. The third kappa shape index (κ3) is 4.03. The summed E-state index contributed by atoms with van der Waals surface area (Å²) in [5.41, 5.74) is 0.391. The van der Waals surface area contributed by atoms with Gasteiger partial charge in [0.25, 0.3) is 11.8 Å². The molecule has 0 atom stereocenters. The van der Waals surface area contributed by atoms with Gasteiger partial charge >= 0.3 is 0 Å². The minimum Gasteiger partial charge on any atom is -0.459 e. The summed E-state index contributed by atoms with van der Waals surface area (Å²) in [6, 6.07) is 4.84. The topological polar surface area (TPSA) is 109 Å². The molecule has 1 spiro atoms. The first-order chi connectivity index (χ1) is 14.0. The first-order valence-corrected chi connectivity index (χ1v) is 9.78. The van der Waals surface area contributed by atoms with Crippen LogP contribution in [0.25, 0.3) is 0 Å². The molecule has 2 saturated heterocycles. The summed E-state index contributed by atoms with van der Waals surface area (Å²) in [7, 11) is 0. The van der Waals surface area contributed by atoms with Crippen molar-refractivity contribution in [3.05, 3.63) is 41.7 Å². The van der Waals surface area contributed by atoms with Gasteiger partial charge in [-0.25, -0.2) is 0 Å². The van der Waals surface area contributed by atoms with E-state index in [1.54, 1.807) is 30.0 Å². The molecule has 0 radical (unpaired) electrons. The van der Waals surface area contributed by atoms with Crippen LogP contribution < -0.4 is 5.32 Å². The number of carbonyl (C=O) groups excluding carboxylic acids is 3. The van der Waals surface area contributed by atoms with Crippen LogP contribution in [0, 0.1) is 12.3 Å². The Hall–Kier alpha value is -3.10. The Bertz CT molecular complexity index is 896. The molecule has 2 aliphatic rings. The molecule has 2 aliphatic heterocycles. The van der Waals surface area contributed by atoms with Crippen LogP contribution in [0.15, 0.2) is 33.4 Å². The third-order valence-corrected chi connectivity index (χ3v) is 5.89. The van der Waals surface area contributed by atoms with E-state index in [1.807, 2.05) is 4.90 Å². The molecule has 9 heteroatoms. The van der Waals surface area contributed by atoms with Crippen LogP contribution in [0.1, 0.15) is 46.1 Å². The summed E-state index contributed by atoms with van der Waals surface area (Å²) in [4.78, 5) is 40.5. The third-order valence-electron chi connectivity index (χ3n) is 5.89. The van der Waals surface area contributed by atoms with Gasteiger partial charge in [-0.2, -0.15) is 0 Å². The average Bonchev–Trinajstić information content (AvgIpc) is 3.47. The van der Waals surface area contributed by atoms with Gasteiger partial charge in [0, 0.05) is 32.2 Å². The number of likely N-dealkylation sites (tertiary alicyclic amines) is 2. The maximum atomic E-state index is 12.6. The highest BCUT2D eigenvalue weighted by Crippen LogP contribution is 2.40. The average molecular weight is 400 g/mol. The summed E-state index contributed by atoms with van der Waals surface area (Å²) in [5.74, 6) is 0.202. The predicted molar refractivity (Wildman–Crippen MR) is 101 cm³/mol. The van der Waals surface area contributed by atoms with Crippen LogP contribution in [-0.4, -0.2) is 65.4 Å². The van der Waals surface area contributed by atoms with Crippen molar-refractivity contribution in [3.8, 4) is 0 Å². The molecule has 0 aliphatic carbocycles. The molecule has 0 bridgehead atoms. The van der Waals surface area contributed by atoms with E-state index in [0.29, 0.717) is 37.6 Å². The summed E-state index contributed by atoms with van der Waals surface area (Å²) in [6.45, 7) is 4.33. The molecule has 0 aromatic carbocycles. The lowest BCUT2D eigenvalue weighted by Crippen LogP contribution is -2.47. The number of aryl methyl sites for hydroxylation is 1. The van der Waals surface area contributed by atoms with Crippen LogP contribution in [0.2, 0.25) is 0 Å². The molecule has 2 fully saturated rings. The standard InChI is InChI=1S/C20H24N4O5/c1-14-11-15(22-29-14)19(27)24-9-6-20(13-24)4-7-23(8-5-20)17(25)12-21-18(26)16-3-2-10-28-16/h2-3,10-11H,4-9,12-13H2,1H3,(H,21,26). The number of hydrogen-bond acceptors (Lipinski definition) is 6. The number of nitrogens with one attached hydrogen (secondary N) is 1. The Balaban J connectivity index is 1.26. The van der Waals surface area contributed by atoms with E-state index in [-0.39, 0.29) is 29.5 Å². The highest BCUT2D eigenvalue weighted by atomic mass is 16.5. The van der Waals surface area contributed by atoms with E-state index in [9.17, 15) is 14.4 Å². The number of aromatic nitrogens is 1. The maximum Gasteiger partial charge on any atom is 0.287 e. The van der Waals surface area contributed by atoms with Crippen LogP contribution in [0.4, 0.5) is 0 Å². The lowest BCUT2D eigenvalue weighted by atomic mass is 9.78. The van der Waals surface area contributed by atoms with Crippen molar-refractivity contribution in [2.75, 3.05) is 32.7 Å². The van der Waals surface area contributed by atoms with Crippen molar-refractivity contribution in [2.45, 2.75) is 26.2 Å². The van der Waals surface area contributed by atoms with Crippen molar-refractivity contribution < 1.29 is 23.3 Å². The van der Waals surface area contributed by atoms with Crippen molar-refractivity contribution in [1.82, 2.24) is 20.3 Å². The second-order valence-corrected chi connectivity index (χ2v) is 7.84. The van der Waals surface area contributed by atoms with Gasteiger partial charge in [-0.1, -0.05) is 5.16 Å². The summed E-state index contributed by atoms with van der Waals surface area (Å²) in [6.07, 6.45) is 4.02. The fourth-order valence-electron chi connectivity index (χ4n) is 4.14. The van der Waals surface area contributed by atoms with E-state index in [2.05, 4.69) is 10.5 Å². The van der Waals surface area contributed by atoms with Crippen LogP contribution in [0.5, 0.6) is 0 Å². The van der Waals surface area contributed by atoms with Gasteiger partial charge in [0.05, 0.1) is 12.8 Å². The van der Waals surface area contributed by atoms with E-state index in [1.165, 1.54) is 6.26 Å². The van der Waals surface area contributed by atoms with E-state index in [4.69, 9.17) is 8.94 Å². The second kappa shape index (κ2) is 7.73. The minimum atomic E-state index is -0.398. The Morgan fingerprint density at radius 3 is 2.52 bits per heavy atom. The van der Waals surface area contributed by atoms with Gasteiger partial charge in [0.2, 0.25) is 5.91 Å². The Morgan fingerprint density at radius 2 is 1.90 bits per heavy atom. The molecular formula is C20H24N4O5. The molecule has 29 heavy (non-hydrogen) atoms. The molecule has 154 valence electrons. The van der Waals surface area contributed by atoms with Crippen LogP contribution in [0.3, 0.4) is 0 Å². The van der Waals surface area contributed by atoms with Gasteiger partial charge in [-0.05, 0) is 43.7 Å². The number of amides is 3. The van der Waals surface area contributed by atoms with Gasteiger partial charge in [0.15, 0.2) is 11.5 Å². The summed E-state index contributed by atoms with van der Waals surface area (Å²) >= 11 is 0. The molecule has 0 unspecified atom stereocenters. The molecular weight excluding hydrogens is 376 g/mol. The number of rotatable bonds is 4. The molecule has 0 saturated carbocycles. The van der Waals surface area contributed by atoms with Crippen molar-refractivity contribution in [3.63, 3.8) is 0 Å². The molecule has 2 aromatic heterocycles. The van der Waals surface area contributed by atoms with E-state index >= 15 is 0 Å². The largest absolute Gasteiger partial charge is 0.459 e. The molecule has 4 heterocycles. The lowest BCUT2D eigenvalue weighted by molar-refractivity contribution is -0.132. The molecule has 3 amide bonds.